The third-order valence-electron chi connectivity index (χ3n) is 4.35. The lowest BCUT2D eigenvalue weighted by atomic mass is 10.1. The molecule has 28 heavy (non-hydrogen) atoms. The number of rotatable bonds is 5. The number of thiocarbonyl (C=S) groups is 1. The molecule has 0 aliphatic carbocycles. The molecule has 1 aromatic carbocycles. The van der Waals surface area contributed by atoms with E-state index in [2.05, 4.69) is 27.6 Å². The van der Waals surface area contributed by atoms with Gasteiger partial charge in [-0.1, -0.05) is 12.1 Å². The molecule has 10 heteroatoms. The van der Waals surface area contributed by atoms with Crippen LogP contribution in [0.25, 0.3) is 0 Å². The molecule has 1 saturated heterocycles. The fourth-order valence-electron chi connectivity index (χ4n) is 3.06. The molecule has 1 aliphatic rings. The van der Waals surface area contributed by atoms with E-state index >= 15 is 0 Å². The lowest BCUT2D eigenvalue weighted by Crippen LogP contribution is -2.46. The van der Waals surface area contributed by atoms with Crippen molar-refractivity contribution in [1.82, 2.24) is 10.3 Å². The van der Waals surface area contributed by atoms with Gasteiger partial charge in [0.05, 0.1) is 18.3 Å². The number of hydrogen-bond donors (Lipinski definition) is 2. The van der Waals surface area contributed by atoms with Crippen molar-refractivity contribution in [3.63, 3.8) is 0 Å². The number of benzene rings is 1. The van der Waals surface area contributed by atoms with Crippen molar-refractivity contribution in [2.45, 2.75) is 12.7 Å². The third kappa shape index (κ3) is 5.23. The van der Waals surface area contributed by atoms with Crippen LogP contribution in [-0.4, -0.2) is 42.4 Å². The maximum Gasteiger partial charge on any atom is 0.418 e. The highest BCUT2D eigenvalue weighted by atomic mass is 32.1. The Balaban J connectivity index is 1.56. The van der Waals surface area contributed by atoms with Crippen LogP contribution in [0.2, 0.25) is 0 Å². The zero-order valence-corrected chi connectivity index (χ0v) is 15.8. The van der Waals surface area contributed by atoms with E-state index in [4.69, 9.17) is 10.2 Å². The van der Waals surface area contributed by atoms with E-state index in [1.165, 1.54) is 18.3 Å². The zero-order chi connectivity index (χ0) is 20.1. The normalized spacial score (nSPS) is 15.9. The van der Waals surface area contributed by atoms with Gasteiger partial charge in [-0.25, -0.2) is 0 Å². The van der Waals surface area contributed by atoms with Crippen LogP contribution in [0.15, 0.2) is 45.9 Å². The van der Waals surface area contributed by atoms with Crippen LogP contribution < -0.4 is 16.1 Å². The van der Waals surface area contributed by atoms with Crippen LogP contribution in [0, 0.1) is 0 Å². The summed E-state index contributed by atoms with van der Waals surface area (Å²) < 4.78 is 45.3. The van der Waals surface area contributed by atoms with Crippen molar-refractivity contribution in [3.05, 3.63) is 53.5 Å². The van der Waals surface area contributed by atoms with Gasteiger partial charge in [-0.3, -0.25) is 10.3 Å². The Kier molecular flexibility index (Phi) is 6.20. The van der Waals surface area contributed by atoms with Crippen molar-refractivity contribution in [2.24, 2.45) is 10.8 Å². The van der Waals surface area contributed by atoms with Crippen molar-refractivity contribution >= 4 is 29.2 Å². The molecule has 1 fully saturated rings. The SMILES string of the molecule is NC(=S)N/N=C/c1ccc(CN2CCN(c3ccccc3C(F)(F)F)CC2)o1. The average molecular weight is 411 g/mol. The van der Waals surface area contributed by atoms with E-state index in [1.807, 2.05) is 6.07 Å². The van der Waals surface area contributed by atoms with Crippen molar-refractivity contribution < 1.29 is 17.6 Å². The number of nitrogens with two attached hydrogens (primary N) is 1. The summed E-state index contributed by atoms with van der Waals surface area (Å²) in [5.74, 6) is 1.30. The second kappa shape index (κ2) is 8.61. The van der Waals surface area contributed by atoms with Crippen LogP contribution >= 0.6 is 12.2 Å². The minimum absolute atomic E-state index is 0.0630. The van der Waals surface area contributed by atoms with E-state index in [1.54, 1.807) is 17.0 Å². The van der Waals surface area contributed by atoms with E-state index in [0.29, 0.717) is 38.5 Å². The molecule has 0 unspecified atom stereocenters. The van der Waals surface area contributed by atoms with Gasteiger partial charge in [-0.15, -0.1) is 0 Å². The molecule has 150 valence electrons. The highest BCUT2D eigenvalue weighted by Gasteiger charge is 2.35. The molecule has 0 saturated carbocycles. The first kappa shape index (κ1) is 20.2. The van der Waals surface area contributed by atoms with Gasteiger partial charge < -0.3 is 15.1 Å². The van der Waals surface area contributed by atoms with Gasteiger partial charge in [-0.2, -0.15) is 18.3 Å². The molecule has 2 aromatic rings. The average Bonchev–Trinajstić information content (AvgIpc) is 3.08. The summed E-state index contributed by atoms with van der Waals surface area (Å²) in [7, 11) is 0. The second-order valence-corrected chi connectivity index (χ2v) is 6.76. The minimum Gasteiger partial charge on any atom is -0.459 e. The lowest BCUT2D eigenvalue weighted by molar-refractivity contribution is -0.137. The number of hydrogen-bond acceptors (Lipinski definition) is 5. The fourth-order valence-corrected chi connectivity index (χ4v) is 3.12. The number of hydrazone groups is 1. The van der Waals surface area contributed by atoms with E-state index in [0.717, 1.165) is 11.8 Å². The Morgan fingerprint density at radius 1 is 1.18 bits per heavy atom. The molecule has 2 heterocycles. The molecule has 3 N–H and O–H groups in total. The summed E-state index contributed by atoms with van der Waals surface area (Å²) in [5, 5.41) is 3.89. The number of halogens is 3. The largest absolute Gasteiger partial charge is 0.459 e. The van der Waals surface area contributed by atoms with Gasteiger partial charge in [-0.05, 0) is 36.5 Å². The van der Waals surface area contributed by atoms with E-state index < -0.39 is 11.7 Å². The molecular weight excluding hydrogens is 391 g/mol. The van der Waals surface area contributed by atoms with Crippen LogP contribution in [0.1, 0.15) is 17.1 Å². The minimum atomic E-state index is -4.36. The number of piperazine rings is 1. The standard InChI is InChI=1S/C18H20F3N5OS/c19-18(20,21)15-3-1-2-4-16(15)26-9-7-25(8-10-26)12-14-6-5-13(27-14)11-23-24-17(22)28/h1-6,11H,7-10,12H2,(H3,22,24,28)/b23-11+. The zero-order valence-electron chi connectivity index (χ0n) is 14.9. The summed E-state index contributed by atoms with van der Waals surface area (Å²) in [4.78, 5) is 3.92. The monoisotopic (exact) mass is 411 g/mol. The van der Waals surface area contributed by atoms with Gasteiger partial charge in [0, 0.05) is 31.9 Å². The summed E-state index contributed by atoms with van der Waals surface area (Å²) in [6, 6.07) is 9.31. The summed E-state index contributed by atoms with van der Waals surface area (Å²) >= 11 is 4.65. The van der Waals surface area contributed by atoms with Crippen molar-refractivity contribution in [3.8, 4) is 0 Å². The molecular formula is C18H20F3N5OS. The molecule has 1 aromatic heterocycles. The van der Waals surface area contributed by atoms with Crippen molar-refractivity contribution in [2.75, 3.05) is 31.1 Å². The molecule has 0 atom stereocenters. The summed E-state index contributed by atoms with van der Waals surface area (Å²) in [6.45, 7) is 2.88. The highest BCUT2D eigenvalue weighted by Crippen LogP contribution is 2.36. The molecule has 0 radical (unpaired) electrons. The Hall–Kier alpha value is -2.59. The first-order valence-corrected chi connectivity index (χ1v) is 9.04. The topological polar surface area (TPSA) is 70.0 Å². The maximum absolute atomic E-state index is 13.2. The van der Waals surface area contributed by atoms with Gasteiger partial charge in [0.2, 0.25) is 0 Å². The highest BCUT2D eigenvalue weighted by molar-refractivity contribution is 7.80. The van der Waals surface area contributed by atoms with Crippen LogP contribution in [0.4, 0.5) is 18.9 Å². The Labute approximate surface area is 165 Å². The molecule has 1 aliphatic heterocycles. The van der Waals surface area contributed by atoms with Gasteiger partial charge in [0.1, 0.15) is 11.5 Å². The number of alkyl halides is 3. The smallest absolute Gasteiger partial charge is 0.418 e. The molecule has 6 nitrogen and oxygen atoms in total. The van der Waals surface area contributed by atoms with E-state index in [9.17, 15) is 13.2 Å². The van der Waals surface area contributed by atoms with Gasteiger partial charge >= 0.3 is 6.18 Å². The fraction of sp³-hybridized carbons (Fsp3) is 0.333. The molecule has 3 rings (SSSR count). The Morgan fingerprint density at radius 3 is 2.57 bits per heavy atom. The Morgan fingerprint density at radius 2 is 1.89 bits per heavy atom. The molecule has 0 spiro atoms. The van der Waals surface area contributed by atoms with E-state index in [-0.39, 0.29) is 10.8 Å². The van der Waals surface area contributed by atoms with Crippen LogP contribution in [0.3, 0.4) is 0 Å². The summed E-state index contributed by atoms with van der Waals surface area (Å²) in [5.41, 5.74) is 7.36. The molecule has 0 amide bonds. The number of nitrogens with zero attached hydrogens (tertiary/aromatic N) is 3. The third-order valence-corrected chi connectivity index (χ3v) is 4.44. The number of furan rings is 1. The first-order valence-electron chi connectivity index (χ1n) is 8.63. The number of anilines is 1. The Bertz CT molecular complexity index is 844. The first-order chi connectivity index (χ1) is 13.3. The maximum atomic E-state index is 13.2. The quantitative estimate of drug-likeness (QED) is 0.448. The van der Waals surface area contributed by atoms with Gasteiger partial charge in [0.25, 0.3) is 0 Å². The number of nitrogens with one attached hydrogen (secondary N) is 1. The lowest BCUT2D eigenvalue weighted by Gasteiger charge is -2.36. The van der Waals surface area contributed by atoms with Crippen LogP contribution in [-0.2, 0) is 12.7 Å². The van der Waals surface area contributed by atoms with Gasteiger partial charge in [0.15, 0.2) is 5.11 Å². The second-order valence-electron chi connectivity index (χ2n) is 6.32. The van der Waals surface area contributed by atoms with Crippen LogP contribution in [0.5, 0.6) is 0 Å². The van der Waals surface area contributed by atoms with Crippen molar-refractivity contribution in [1.29, 1.82) is 0 Å². The summed E-state index contributed by atoms with van der Waals surface area (Å²) in [6.07, 6.45) is -2.89. The number of para-hydroxylation sites is 1. The molecule has 0 bridgehead atoms. The predicted molar refractivity (Wildman–Crippen MR) is 105 cm³/mol. The predicted octanol–water partition coefficient (Wildman–Crippen LogP) is 2.79.